The van der Waals surface area contributed by atoms with E-state index in [0.29, 0.717) is 0 Å². The van der Waals surface area contributed by atoms with E-state index >= 15 is 0 Å². The number of nitrogens with one attached hydrogen (secondary N) is 1. The zero-order valence-corrected chi connectivity index (χ0v) is 13.3. The first-order valence-electron chi connectivity index (χ1n) is 7.80. The minimum absolute atomic E-state index is 0.0381. The number of hydrogen-bond donors (Lipinski definition) is 2. The number of benzene rings is 1. The molecule has 1 amide bonds. The molecule has 0 bridgehead atoms. The molecule has 1 aromatic rings. The van der Waals surface area contributed by atoms with Gasteiger partial charge in [0, 0.05) is 25.7 Å². The van der Waals surface area contributed by atoms with Crippen molar-refractivity contribution in [1.82, 2.24) is 10.2 Å². The minimum atomic E-state index is 0.0381. The summed E-state index contributed by atoms with van der Waals surface area (Å²) in [6, 6.07) is 8.80. The Morgan fingerprint density at radius 3 is 2.62 bits per heavy atom. The smallest absolute Gasteiger partial charge is 0.224 e. The highest BCUT2D eigenvalue weighted by Gasteiger charge is 2.31. The van der Waals surface area contributed by atoms with E-state index < -0.39 is 0 Å². The molecular formula is C17H27N3O. The SMILES string of the molecule is CNC(=O)C1CCCN(C(c2ccc(C)cc2)C(C)N)C1. The van der Waals surface area contributed by atoms with E-state index in [-0.39, 0.29) is 23.9 Å². The molecule has 1 aliphatic rings. The largest absolute Gasteiger partial charge is 0.359 e. The maximum absolute atomic E-state index is 11.9. The van der Waals surface area contributed by atoms with Crippen LogP contribution in [0.1, 0.15) is 36.9 Å². The Balaban J connectivity index is 2.18. The zero-order chi connectivity index (χ0) is 15.4. The van der Waals surface area contributed by atoms with Crippen molar-refractivity contribution in [2.24, 2.45) is 11.7 Å². The summed E-state index contributed by atoms with van der Waals surface area (Å²) in [7, 11) is 1.71. The van der Waals surface area contributed by atoms with Crippen LogP contribution in [0.25, 0.3) is 0 Å². The molecular weight excluding hydrogens is 262 g/mol. The Labute approximate surface area is 127 Å². The van der Waals surface area contributed by atoms with Crippen LogP contribution < -0.4 is 11.1 Å². The van der Waals surface area contributed by atoms with Gasteiger partial charge in [-0.1, -0.05) is 29.8 Å². The van der Waals surface area contributed by atoms with Gasteiger partial charge < -0.3 is 11.1 Å². The van der Waals surface area contributed by atoms with Gasteiger partial charge in [-0.05, 0) is 38.8 Å². The molecule has 3 atom stereocenters. The Kier molecular flexibility index (Phi) is 5.37. The monoisotopic (exact) mass is 289 g/mol. The summed E-state index contributed by atoms with van der Waals surface area (Å²) in [5.74, 6) is 0.225. The zero-order valence-electron chi connectivity index (χ0n) is 13.3. The highest BCUT2D eigenvalue weighted by molar-refractivity contribution is 5.78. The number of likely N-dealkylation sites (tertiary alicyclic amines) is 1. The number of rotatable bonds is 4. The van der Waals surface area contributed by atoms with E-state index in [0.717, 1.165) is 25.9 Å². The molecule has 1 saturated heterocycles. The molecule has 116 valence electrons. The first-order chi connectivity index (χ1) is 10.0. The normalized spacial score (nSPS) is 22.6. The number of carbonyl (C=O) groups is 1. The van der Waals surface area contributed by atoms with Crippen LogP contribution in [0.15, 0.2) is 24.3 Å². The number of aryl methyl sites for hydroxylation is 1. The summed E-state index contributed by atoms with van der Waals surface area (Å²) in [5.41, 5.74) is 8.75. The van der Waals surface area contributed by atoms with E-state index in [9.17, 15) is 4.79 Å². The highest BCUT2D eigenvalue weighted by atomic mass is 16.1. The van der Waals surface area contributed by atoms with E-state index in [4.69, 9.17) is 5.73 Å². The maximum atomic E-state index is 11.9. The molecule has 4 heteroatoms. The molecule has 0 spiro atoms. The Morgan fingerprint density at radius 2 is 2.05 bits per heavy atom. The van der Waals surface area contributed by atoms with Crippen molar-refractivity contribution >= 4 is 5.91 Å². The molecule has 3 unspecified atom stereocenters. The predicted octanol–water partition coefficient (Wildman–Crippen LogP) is 1.84. The molecule has 1 aromatic carbocycles. The summed E-state index contributed by atoms with van der Waals surface area (Å²) in [5, 5.41) is 2.77. The predicted molar refractivity (Wildman–Crippen MR) is 85.9 cm³/mol. The topological polar surface area (TPSA) is 58.4 Å². The van der Waals surface area contributed by atoms with Crippen LogP contribution in [0.5, 0.6) is 0 Å². The van der Waals surface area contributed by atoms with Gasteiger partial charge in [0.05, 0.1) is 5.92 Å². The third-order valence-electron chi connectivity index (χ3n) is 4.38. The summed E-state index contributed by atoms with van der Waals surface area (Å²) in [6.45, 7) is 5.94. The van der Waals surface area contributed by atoms with Crippen molar-refractivity contribution in [3.05, 3.63) is 35.4 Å². The van der Waals surface area contributed by atoms with Crippen LogP contribution in [0, 0.1) is 12.8 Å². The van der Waals surface area contributed by atoms with Crippen molar-refractivity contribution in [1.29, 1.82) is 0 Å². The third-order valence-corrected chi connectivity index (χ3v) is 4.38. The fourth-order valence-electron chi connectivity index (χ4n) is 3.29. The quantitative estimate of drug-likeness (QED) is 0.889. The molecule has 1 fully saturated rings. The fourth-order valence-corrected chi connectivity index (χ4v) is 3.29. The lowest BCUT2D eigenvalue weighted by Crippen LogP contribution is -2.47. The van der Waals surface area contributed by atoms with Gasteiger partial charge in [-0.3, -0.25) is 9.69 Å². The lowest BCUT2D eigenvalue weighted by atomic mass is 9.91. The number of hydrogen-bond acceptors (Lipinski definition) is 3. The van der Waals surface area contributed by atoms with Crippen molar-refractivity contribution in [3.8, 4) is 0 Å². The number of nitrogens with zero attached hydrogens (tertiary/aromatic N) is 1. The van der Waals surface area contributed by atoms with Crippen LogP contribution in [0.4, 0.5) is 0 Å². The van der Waals surface area contributed by atoms with E-state index in [2.05, 4.69) is 41.4 Å². The van der Waals surface area contributed by atoms with Crippen molar-refractivity contribution in [2.45, 2.75) is 38.8 Å². The Morgan fingerprint density at radius 1 is 1.38 bits per heavy atom. The molecule has 3 N–H and O–H groups in total. The van der Waals surface area contributed by atoms with Gasteiger partial charge in [-0.2, -0.15) is 0 Å². The number of amides is 1. The second-order valence-corrected chi connectivity index (χ2v) is 6.16. The van der Waals surface area contributed by atoms with Crippen LogP contribution in [-0.4, -0.2) is 37.0 Å². The van der Waals surface area contributed by atoms with Gasteiger partial charge in [0.1, 0.15) is 0 Å². The summed E-state index contributed by atoms with van der Waals surface area (Å²) in [4.78, 5) is 14.3. The maximum Gasteiger partial charge on any atom is 0.224 e. The molecule has 2 rings (SSSR count). The molecule has 4 nitrogen and oxygen atoms in total. The average Bonchev–Trinajstić information content (AvgIpc) is 2.48. The molecule has 21 heavy (non-hydrogen) atoms. The second kappa shape index (κ2) is 7.05. The summed E-state index contributed by atoms with van der Waals surface area (Å²) in [6.07, 6.45) is 2.02. The van der Waals surface area contributed by atoms with Gasteiger partial charge in [0.2, 0.25) is 5.91 Å². The van der Waals surface area contributed by atoms with Gasteiger partial charge in [-0.25, -0.2) is 0 Å². The molecule has 0 aliphatic carbocycles. The lowest BCUT2D eigenvalue weighted by Gasteiger charge is -2.39. The first-order valence-corrected chi connectivity index (χ1v) is 7.80. The van der Waals surface area contributed by atoms with Crippen LogP contribution in [-0.2, 0) is 4.79 Å². The van der Waals surface area contributed by atoms with Crippen molar-refractivity contribution in [2.75, 3.05) is 20.1 Å². The first kappa shape index (κ1) is 16.0. The molecule has 1 heterocycles. The second-order valence-electron chi connectivity index (χ2n) is 6.16. The van der Waals surface area contributed by atoms with Crippen molar-refractivity contribution in [3.63, 3.8) is 0 Å². The van der Waals surface area contributed by atoms with E-state index in [1.54, 1.807) is 7.05 Å². The van der Waals surface area contributed by atoms with Gasteiger partial charge in [-0.15, -0.1) is 0 Å². The highest BCUT2D eigenvalue weighted by Crippen LogP contribution is 2.29. The van der Waals surface area contributed by atoms with E-state index in [1.807, 2.05) is 6.92 Å². The fraction of sp³-hybridized carbons (Fsp3) is 0.588. The van der Waals surface area contributed by atoms with Gasteiger partial charge in [0.25, 0.3) is 0 Å². The Bertz CT molecular complexity index is 469. The summed E-state index contributed by atoms with van der Waals surface area (Å²) < 4.78 is 0. The molecule has 1 aliphatic heterocycles. The molecule has 0 aromatic heterocycles. The van der Waals surface area contributed by atoms with Crippen LogP contribution >= 0.6 is 0 Å². The third kappa shape index (κ3) is 3.83. The summed E-state index contributed by atoms with van der Waals surface area (Å²) >= 11 is 0. The van der Waals surface area contributed by atoms with E-state index in [1.165, 1.54) is 11.1 Å². The average molecular weight is 289 g/mol. The minimum Gasteiger partial charge on any atom is -0.359 e. The van der Waals surface area contributed by atoms with Crippen LogP contribution in [0.3, 0.4) is 0 Å². The van der Waals surface area contributed by atoms with Crippen molar-refractivity contribution < 1.29 is 4.79 Å². The molecule has 0 saturated carbocycles. The number of piperidine rings is 1. The number of nitrogens with two attached hydrogens (primary N) is 1. The van der Waals surface area contributed by atoms with Gasteiger partial charge in [0.15, 0.2) is 0 Å². The Hall–Kier alpha value is -1.39. The molecule has 0 radical (unpaired) electrons. The number of carbonyl (C=O) groups excluding carboxylic acids is 1. The lowest BCUT2D eigenvalue weighted by molar-refractivity contribution is -0.126. The van der Waals surface area contributed by atoms with Crippen LogP contribution in [0.2, 0.25) is 0 Å². The van der Waals surface area contributed by atoms with Gasteiger partial charge >= 0.3 is 0 Å². The standard InChI is InChI=1S/C17H27N3O/c1-12-6-8-14(9-7-12)16(13(2)18)20-10-4-5-15(11-20)17(21)19-3/h6-9,13,15-16H,4-5,10-11,18H2,1-3H3,(H,19,21).